The van der Waals surface area contributed by atoms with E-state index >= 15 is 0 Å². The third-order valence-corrected chi connectivity index (χ3v) is 10.4. The molecule has 2 aliphatic carbocycles. The third-order valence-electron chi connectivity index (χ3n) is 8.44. The number of aromatic nitrogens is 2. The van der Waals surface area contributed by atoms with Gasteiger partial charge in [0.2, 0.25) is 5.91 Å². The van der Waals surface area contributed by atoms with E-state index in [2.05, 4.69) is 24.1 Å². The molecule has 35 heavy (non-hydrogen) atoms. The maximum atomic E-state index is 13.2. The van der Waals surface area contributed by atoms with E-state index in [0.29, 0.717) is 10.7 Å². The summed E-state index contributed by atoms with van der Waals surface area (Å²) in [6.07, 6.45) is 5.33. The van der Waals surface area contributed by atoms with Crippen molar-refractivity contribution in [3.63, 3.8) is 0 Å². The van der Waals surface area contributed by atoms with Gasteiger partial charge < -0.3 is 10.0 Å². The number of hydrogen-bond donors (Lipinski definition) is 2. The molecule has 5 rings (SSSR count). The molecular weight excluding hydrogens is 480 g/mol. The molecule has 2 aromatic heterocycles. The van der Waals surface area contributed by atoms with E-state index in [1.807, 2.05) is 23.6 Å². The number of carbonyl (C=O) groups excluding carboxylic acids is 2. The van der Waals surface area contributed by atoms with Gasteiger partial charge in [-0.3, -0.25) is 19.9 Å². The van der Waals surface area contributed by atoms with E-state index < -0.39 is 6.10 Å². The molecule has 2 amide bonds. The molecule has 0 radical (unpaired) electrons. The van der Waals surface area contributed by atoms with Gasteiger partial charge in [-0.05, 0) is 48.6 Å². The topological polar surface area (TPSA) is 95.4 Å². The molecule has 9 heteroatoms. The number of fused-ring (bicyclic) bond motifs is 2. The normalized spacial score (nSPS) is 31.3. The van der Waals surface area contributed by atoms with Crippen LogP contribution in [0.4, 0.5) is 5.13 Å². The second-order valence-corrected chi connectivity index (χ2v) is 12.9. The maximum absolute atomic E-state index is 13.2. The number of rotatable bonds is 4. The van der Waals surface area contributed by atoms with Crippen LogP contribution in [0.15, 0.2) is 24.5 Å². The van der Waals surface area contributed by atoms with Gasteiger partial charge in [-0.1, -0.05) is 20.8 Å². The van der Waals surface area contributed by atoms with E-state index in [1.54, 1.807) is 35.9 Å². The fourth-order valence-corrected chi connectivity index (χ4v) is 8.69. The van der Waals surface area contributed by atoms with Crippen LogP contribution in [-0.4, -0.2) is 62.5 Å². The van der Waals surface area contributed by atoms with Crippen LogP contribution >= 0.6 is 23.1 Å². The van der Waals surface area contributed by atoms with Crippen molar-refractivity contribution in [1.82, 2.24) is 14.9 Å². The minimum absolute atomic E-state index is 0.0340. The van der Waals surface area contributed by atoms with Crippen LogP contribution in [0, 0.1) is 23.2 Å². The fourth-order valence-electron chi connectivity index (χ4n) is 6.53. The lowest BCUT2D eigenvalue weighted by molar-refractivity contribution is -0.144. The number of nitrogens with one attached hydrogen (secondary N) is 1. The van der Waals surface area contributed by atoms with Gasteiger partial charge >= 0.3 is 0 Å². The molecule has 6 atom stereocenters. The number of aliphatic hydroxyl groups is 1. The summed E-state index contributed by atoms with van der Waals surface area (Å²) in [5, 5.41) is 15.2. The standard InChI is InChI=1S/C26H34N4O3S2/c1-15(24(33)30-10-12-34-13-11-30)18-4-7-26(3)14-19-21(16(2)20(26)22(18)31)28-25(35-19)29-23(32)17-5-8-27-9-6-17/h5-6,8-9,15-16,18,20,22,31H,4,7,10-14H2,1-3H3,(H,28,29,32)/t15-,16-,18+,20+,22-,26-/m0/s1. The molecule has 3 heterocycles. The van der Waals surface area contributed by atoms with Crippen LogP contribution in [-0.2, 0) is 11.2 Å². The summed E-state index contributed by atoms with van der Waals surface area (Å²) in [5.41, 5.74) is 1.48. The second-order valence-electron chi connectivity index (χ2n) is 10.6. The average Bonchev–Trinajstić information content (AvgIpc) is 3.26. The number of amides is 2. The Kier molecular flexibility index (Phi) is 6.94. The summed E-state index contributed by atoms with van der Waals surface area (Å²) in [7, 11) is 0. The highest BCUT2D eigenvalue weighted by Crippen LogP contribution is 2.57. The zero-order chi connectivity index (χ0) is 24.7. The van der Waals surface area contributed by atoms with Crippen molar-refractivity contribution in [3.05, 3.63) is 40.7 Å². The van der Waals surface area contributed by atoms with Crippen molar-refractivity contribution in [2.24, 2.45) is 23.2 Å². The van der Waals surface area contributed by atoms with Crippen molar-refractivity contribution >= 4 is 40.0 Å². The molecule has 7 nitrogen and oxygen atoms in total. The number of hydrogen-bond acceptors (Lipinski definition) is 7. The predicted octanol–water partition coefficient (Wildman–Crippen LogP) is 4.05. The molecule has 0 aromatic carbocycles. The highest BCUT2D eigenvalue weighted by Gasteiger charge is 2.54. The third kappa shape index (κ3) is 4.62. The molecule has 0 bridgehead atoms. The number of pyridine rings is 1. The summed E-state index contributed by atoms with van der Waals surface area (Å²) in [6, 6.07) is 3.37. The molecule has 2 aromatic rings. The van der Waals surface area contributed by atoms with Crippen molar-refractivity contribution in [2.75, 3.05) is 29.9 Å². The van der Waals surface area contributed by atoms with Crippen LogP contribution in [0.5, 0.6) is 0 Å². The Morgan fingerprint density at radius 3 is 2.69 bits per heavy atom. The predicted molar refractivity (Wildman–Crippen MR) is 140 cm³/mol. The van der Waals surface area contributed by atoms with Crippen LogP contribution in [0.1, 0.15) is 60.5 Å². The molecule has 1 saturated carbocycles. The number of aliphatic hydroxyl groups excluding tert-OH is 1. The largest absolute Gasteiger partial charge is 0.392 e. The van der Waals surface area contributed by atoms with Crippen LogP contribution in [0.25, 0.3) is 0 Å². The van der Waals surface area contributed by atoms with Gasteiger partial charge in [0.05, 0.1) is 11.8 Å². The lowest BCUT2D eigenvalue weighted by atomic mass is 9.53. The number of nitrogens with zero attached hydrogens (tertiary/aromatic N) is 3. The number of thiazole rings is 1. The van der Waals surface area contributed by atoms with Crippen LogP contribution in [0.2, 0.25) is 0 Å². The highest BCUT2D eigenvalue weighted by molar-refractivity contribution is 7.99. The van der Waals surface area contributed by atoms with E-state index in [9.17, 15) is 14.7 Å². The van der Waals surface area contributed by atoms with E-state index in [0.717, 1.165) is 49.6 Å². The summed E-state index contributed by atoms with van der Waals surface area (Å²) >= 11 is 3.44. The minimum Gasteiger partial charge on any atom is -0.392 e. The number of thioether (sulfide) groups is 1. The van der Waals surface area contributed by atoms with Crippen LogP contribution in [0.3, 0.4) is 0 Å². The first-order valence-electron chi connectivity index (χ1n) is 12.5. The molecule has 2 fully saturated rings. The number of anilines is 1. The molecule has 0 unspecified atom stereocenters. The van der Waals surface area contributed by atoms with Crippen molar-refractivity contribution in [3.8, 4) is 0 Å². The van der Waals surface area contributed by atoms with Gasteiger partial charge in [0, 0.05) is 59.3 Å². The zero-order valence-electron chi connectivity index (χ0n) is 20.6. The molecular formula is C26H34N4O3S2. The Morgan fingerprint density at radius 1 is 1.26 bits per heavy atom. The monoisotopic (exact) mass is 514 g/mol. The highest BCUT2D eigenvalue weighted by atomic mass is 32.2. The van der Waals surface area contributed by atoms with Crippen LogP contribution < -0.4 is 5.32 Å². The zero-order valence-corrected chi connectivity index (χ0v) is 22.2. The quantitative estimate of drug-likeness (QED) is 0.639. The van der Waals surface area contributed by atoms with E-state index in [4.69, 9.17) is 4.98 Å². The van der Waals surface area contributed by atoms with Gasteiger partial charge in [-0.2, -0.15) is 11.8 Å². The van der Waals surface area contributed by atoms with Gasteiger partial charge in [0.1, 0.15) is 0 Å². The van der Waals surface area contributed by atoms with Gasteiger partial charge in [0.25, 0.3) is 5.91 Å². The smallest absolute Gasteiger partial charge is 0.257 e. The lowest BCUT2D eigenvalue weighted by Gasteiger charge is -2.53. The summed E-state index contributed by atoms with van der Waals surface area (Å²) < 4.78 is 0. The van der Waals surface area contributed by atoms with Gasteiger partial charge in [-0.25, -0.2) is 4.98 Å². The Hall–Kier alpha value is -1.97. The Morgan fingerprint density at radius 2 is 1.97 bits per heavy atom. The Bertz CT molecular complexity index is 1090. The van der Waals surface area contributed by atoms with Crippen molar-refractivity contribution < 1.29 is 14.7 Å². The van der Waals surface area contributed by atoms with Gasteiger partial charge in [-0.15, -0.1) is 11.3 Å². The van der Waals surface area contributed by atoms with E-state index in [1.165, 1.54) is 4.88 Å². The van der Waals surface area contributed by atoms with Gasteiger partial charge in [0.15, 0.2) is 5.13 Å². The lowest BCUT2D eigenvalue weighted by Crippen LogP contribution is -2.54. The first-order chi connectivity index (χ1) is 16.8. The fraction of sp³-hybridized carbons (Fsp3) is 0.615. The number of carbonyl (C=O) groups is 2. The molecule has 2 N–H and O–H groups in total. The summed E-state index contributed by atoms with van der Waals surface area (Å²) in [5.74, 6) is 1.85. The molecule has 3 aliphatic rings. The SMILES string of the molecule is C[C@H](C(=O)N1CCSCC1)[C@H]1CC[C@@]2(C)Cc3sc(NC(=O)c4ccncc4)nc3[C@@H](C)[C@@H]2[C@H]1O. The summed E-state index contributed by atoms with van der Waals surface area (Å²) in [6.45, 7) is 8.05. The maximum Gasteiger partial charge on any atom is 0.257 e. The first kappa shape index (κ1) is 24.7. The van der Waals surface area contributed by atoms with Crippen molar-refractivity contribution in [2.45, 2.75) is 52.1 Å². The summed E-state index contributed by atoms with van der Waals surface area (Å²) in [4.78, 5) is 37.8. The Labute approximate surface area is 215 Å². The van der Waals surface area contributed by atoms with Crippen molar-refractivity contribution in [1.29, 1.82) is 0 Å². The first-order valence-corrected chi connectivity index (χ1v) is 14.5. The molecule has 0 spiro atoms. The minimum atomic E-state index is -0.549. The van der Waals surface area contributed by atoms with E-state index in [-0.39, 0.29) is 40.9 Å². The molecule has 1 saturated heterocycles. The second kappa shape index (κ2) is 9.82. The Balaban J connectivity index is 1.34. The molecule has 188 valence electrons. The molecule has 1 aliphatic heterocycles. The average molecular weight is 515 g/mol.